The number of hydrogen-bond donors (Lipinski definition) is 0. The lowest BCUT2D eigenvalue weighted by atomic mass is 10.2. The predicted molar refractivity (Wildman–Crippen MR) is 68.6 cm³/mol. The summed E-state index contributed by atoms with van der Waals surface area (Å²) in [7, 11) is 0. The van der Waals surface area contributed by atoms with Gasteiger partial charge in [-0.15, -0.1) is 0 Å². The van der Waals surface area contributed by atoms with Crippen LogP contribution in [0.1, 0.15) is 39.5 Å². The lowest BCUT2D eigenvalue weighted by Gasteiger charge is -2.23. The number of nitrogens with zero attached hydrogens (tertiary/aromatic N) is 1. The van der Waals surface area contributed by atoms with Crippen molar-refractivity contribution in [2.24, 2.45) is 0 Å². The van der Waals surface area contributed by atoms with Crippen molar-refractivity contribution in [3.8, 4) is 0 Å². The maximum atomic E-state index is 13.7. The third-order valence-electron chi connectivity index (χ3n) is 2.64. The van der Waals surface area contributed by atoms with Gasteiger partial charge in [0.15, 0.2) is 0 Å². The average Bonchev–Trinajstić information content (AvgIpc) is 2.32. The SMILES string of the molecule is CCCCN(C(=O)CCC)c1ccccc1F. The van der Waals surface area contributed by atoms with Gasteiger partial charge in [0.25, 0.3) is 0 Å². The molecule has 1 rings (SSSR count). The van der Waals surface area contributed by atoms with Crippen LogP contribution in [0.15, 0.2) is 24.3 Å². The van der Waals surface area contributed by atoms with Crippen molar-refractivity contribution in [1.29, 1.82) is 0 Å². The molecule has 2 nitrogen and oxygen atoms in total. The number of halogens is 1. The fourth-order valence-electron chi connectivity index (χ4n) is 1.72. The first-order valence-electron chi connectivity index (χ1n) is 6.25. The number of carbonyl (C=O) groups is 1. The number of rotatable bonds is 6. The Kier molecular flexibility index (Phi) is 5.67. The van der Waals surface area contributed by atoms with Crippen LogP contribution in [0, 0.1) is 5.82 Å². The van der Waals surface area contributed by atoms with Crippen LogP contribution in [-0.2, 0) is 4.79 Å². The first-order valence-corrected chi connectivity index (χ1v) is 6.25. The van der Waals surface area contributed by atoms with Crippen molar-refractivity contribution >= 4 is 11.6 Å². The summed E-state index contributed by atoms with van der Waals surface area (Å²) in [5.74, 6) is -0.320. The highest BCUT2D eigenvalue weighted by atomic mass is 19.1. The fraction of sp³-hybridized carbons (Fsp3) is 0.500. The van der Waals surface area contributed by atoms with Gasteiger partial charge in [0.05, 0.1) is 5.69 Å². The van der Waals surface area contributed by atoms with Crippen molar-refractivity contribution in [2.45, 2.75) is 39.5 Å². The molecule has 0 fully saturated rings. The monoisotopic (exact) mass is 237 g/mol. The molecule has 0 aromatic heterocycles. The van der Waals surface area contributed by atoms with E-state index in [4.69, 9.17) is 0 Å². The molecule has 0 heterocycles. The van der Waals surface area contributed by atoms with E-state index in [9.17, 15) is 9.18 Å². The van der Waals surface area contributed by atoms with E-state index in [1.54, 1.807) is 23.1 Å². The van der Waals surface area contributed by atoms with Crippen LogP contribution < -0.4 is 4.90 Å². The number of hydrogen-bond acceptors (Lipinski definition) is 1. The Morgan fingerprint density at radius 1 is 1.24 bits per heavy atom. The summed E-state index contributed by atoms with van der Waals surface area (Å²) in [6, 6.07) is 6.46. The Bertz CT molecular complexity index is 365. The van der Waals surface area contributed by atoms with Gasteiger partial charge >= 0.3 is 0 Å². The standard InChI is InChI=1S/C14H20FNO/c1-3-5-11-16(14(17)8-4-2)13-10-7-6-9-12(13)15/h6-7,9-10H,3-5,8,11H2,1-2H3. The molecule has 1 amide bonds. The Morgan fingerprint density at radius 2 is 1.94 bits per heavy atom. The topological polar surface area (TPSA) is 20.3 Å². The summed E-state index contributed by atoms with van der Waals surface area (Å²) in [5, 5.41) is 0. The van der Waals surface area contributed by atoms with Crippen LogP contribution in [-0.4, -0.2) is 12.5 Å². The number of anilines is 1. The lowest BCUT2D eigenvalue weighted by molar-refractivity contribution is -0.118. The van der Waals surface area contributed by atoms with Gasteiger partial charge in [0, 0.05) is 13.0 Å². The van der Waals surface area contributed by atoms with Gasteiger partial charge in [-0.05, 0) is 25.0 Å². The summed E-state index contributed by atoms with van der Waals surface area (Å²) < 4.78 is 13.7. The minimum absolute atomic E-state index is 0.00560. The highest BCUT2D eigenvalue weighted by Gasteiger charge is 2.17. The van der Waals surface area contributed by atoms with Crippen LogP contribution in [0.25, 0.3) is 0 Å². The van der Waals surface area contributed by atoms with Gasteiger partial charge in [-0.25, -0.2) is 4.39 Å². The van der Waals surface area contributed by atoms with E-state index in [1.165, 1.54) is 6.07 Å². The summed E-state index contributed by atoms with van der Waals surface area (Å²) in [4.78, 5) is 13.5. The van der Waals surface area contributed by atoms with Gasteiger partial charge in [0.1, 0.15) is 5.82 Å². The van der Waals surface area contributed by atoms with Crippen LogP contribution in [0.2, 0.25) is 0 Å². The molecule has 94 valence electrons. The molecule has 0 radical (unpaired) electrons. The zero-order chi connectivity index (χ0) is 12.7. The van der Waals surface area contributed by atoms with Gasteiger partial charge in [-0.1, -0.05) is 32.4 Å². The van der Waals surface area contributed by atoms with E-state index < -0.39 is 0 Å². The molecule has 0 unspecified atom stereocenters. The normalized spacial score (nSPS) is 10.3. The van der Waals surface area contributed by atoms with Crippen molar-refractivity contribution in [1.82, 2.24) is 0 Å². The van der Waals surface area contributed by atoms with E-state index in [0.29, 0.717) is 18.7 Å². The second kappa shape index (κ2) is 7.05. The van der Waals surface area contributed by atoms with E-state index in [2.05, 4.69) is 6.92 Å². The summed E-state index contributed by atoms with van der Waals surface area (Å²) in [6.07, 6.45) is 3.14. The number of carbonyl (C=O) groups excluding carboxylic acids is 1. The molecule has 17 heavy (non-hydrogen) atoms. The smallest absolute Gasteiger partial charge is 0.227 e. The first kappa shape index (κ1) is 13.7. The highest BCUT2D eigenvalue weighted by Crippen LogP contribution is 2.20. The fourth-order valence-corrected chi connectivity index (χ4v) is 1.72. The van der Waals surface area contributed by atoms with Crippen LogP contribution in [0.4, 0.5) is 10.1 Å². The average molecular weight is 237 g/mol. The molecule has 0 saturated carbocycles. The lowest BCUT2D eigenvalue weighted by Crippen LogP contribution is -2.32. The van der Waals surface area contributed by atoms with Crippen LogP contribution >= 0.6 is 0 Å². The predicted octanol–water partition coefficient (Wildman–Crippen LogP) is 3.76. The summed E-state index contributed by atoms with van der Waals surface area (Å²) in [6.45, 7) is 4.61. The zero-order valence-electron chi connectivity index (χ0n) is 10.6. The highest BCUT2D eigenvalue weighted by molar-refractivity contribution is 5.93. The molecule has 0 aliphatic rings. The van der Waals surface area contributed by atoms with E-state index in [1.807, 2.05) is 6.92 Å². The van der Waals surface area contributed by atoms with E-state index in [-0.39, 0.29) is 11.7 Å². The third-order valence-corrected chi connectivity index (χ3v) is 2.64. The minimum Gasteiger partial charge on any atom is -0.310 e. The minimum atomic E-state index is -0.326. The molecular formula is C14H20FNO. The van der Waals surface area contributed by atoms with Crippen molar-refractivity contribution < 1.29 is 9.18 Å². The molecule has 1 aromatic carbocycles. The molecular weight excluding hydrogens is 217 g/mol. The number of benzene rings is 1. The molecule has 0 aliphatic heterocycles. The molecule has 0 atom stereocenters. The molecule has 0 bridgehead atoms. The zero-order valence-corrected chi connectivity index (χ0v) is 10.6. The van der Waals surface area contributed by atoms with Crippen molar-refractivity contribution in [3.05, 3.63) is 30.1 Å². The Labute approximate surface area is 102 Å². The Balaban J connectivity index is 2.89. The molecule has 0 aliphatic carbocycles. The quantitative estimate of drug-likeness (QED) is 0.737. The summed E-state index contributed by atoms with van der Waals surface area (Å²) in [5.41, 5.74) is 0.402. The Morgan fingerprint density at radius 3 is 2.53 bits per heavy atom. The molecule has 3 heteroatoms. The van der Waals surface area contributed by atoms with Gasteiger partial charge in [0.2, 0.25) is 5.91 Å². The second-order valence-electron chi connectivity index (χ2n) is 4.10. The van der Waals surface area contributed by atoms with Crippen molar-refractivity contribution in [2.75, 3.05) is 11.4 Å². The number of unbranched alkanes of at least 4 members (excludes halogenated alkanes) is 1. The Hall–Kier alpha value is -1.38. The molecule has 0 saturated heterocycles. The largest absolute Gasteiger partial charge is 0.310 e. The maximum Gasteiger partial charge on any atom is 0.227 e. The number of amides is 1. The third kappa shape index (κ3) is 3.84. The molecule has 1 aromatic rings. The van der Waals surface area contributed by atoms with Gasteiger partial charge < -0.3 is 4.90 Å². The number of para-hydroxylation sites is 1. The van der Waals surface area contributed by atoms with Crippen molar-refractivity contribution in [3.63, 3.8) is 0 Å². The first-order chi connectivity index (χ1) is 8.20. The van der Waals surface area contributed by atoms with Gasteiger partial charge in [-0.2, -0.15) is 0 Å². The van der Waals surface area contributed by atoms with Crippen LogP contribution in [0.5, 0.6) is 0 Å². The molecule has 0 spiro atoms. The maximum absolute atomic E-state index is 13.7. The second-order valence-corrected chi connectivity index (χ2v) is 4.10. The van der Waals surface area contributed by atoms with E-state index >= 15 is 0 Å². The van der Waals surface area contributed by atoms with E-state index in [0.717, 1.165) is 19.3 Å². The van der Waals surface area contributed by atoms with Gasteiger partial charge in [-0.3, -0.25) is 4.79 Å². The summed E-state index contributed by atoms with van der Waals surface area (Å²) >= 11 is 0. The molecule has 0 N–H and O–H groups in total. The van der Waals surface area contributed by atoms with Crippen LogP contribution in [0.3, 0.4) is 0 Å².